The summed E-state index contributed by atoms with van der Waals surface area (Å²) in [5.41, 5.74) is 7.33. The SMILES string of the molecule is C[C@@H](Nc1ncnc(N)c1C#N)c1nc2ccc(F)cc2n1-c1cccc(S(C)(=O)=O)c1. The summed E-state index contributed by atoms with van der Waals surface area (Å²) in [6.07, 6.45) is 2.35. The average Bonchev–Trinajstić information content (AvgIpc) is 3.12. The lowest BCUT2D eigenvalue weighted by Gasteiger charge is -2.18. The number of nitrogen functional groups attached to an aromatic ring is 1. The van der Waals surface area contributed by atoms with Crippen molar-refractivity contribution >= 4 is 32.5 Å². The van der Waals surface area contributed by atoms with Gasteiger partial charge in [0.2, 0.25) is 0 Å². The Morgan fingerprint density at radius 1 is 1.22 bits per heavy atom. The lowest BCUT2D eigenvalue weighted by molar-refractivity contribution is 0.601. The first-order valence-electron chi connectivity index (χ1n) is 9.44. The van der Waals surface area contributed by atoms with Gasteiger partial charge in [0.05, 0.1) is 22.0 Å². The molecule has 2 aromatic carbocycles. The second-order valence-electron chi connectivity index (χ2n) is 7.17. The fraction of sp³-hybridized carbons (Fsp3) is 0.143. The van der Waals surface area contributed by atoms with E-state index in [1.165, 1.54) is 30.6 Å². The van der Waals surface area contributed by atoms with Gasteiger partial charge in [0.1, 0.15) is 41.2 Å². The third-order valence-corrected chi connectivity index (χ3v) is 5.99. The van der Waals surface area contributed by atoms with E-state index in [1.54, 1.807) is 29.7 Å². The standard InChI is InChI=1S/C21H18FN7O2S/c1-12(27-20-16(10-23)19(24)25-11-26-20)21-28-17-7-6-13(22)8-18(17)29(21)14-4-3-5-15(9-14)32(2,30)31/h3-9,11-12H,1-2H3,(H3,24,25,26,27)/t12-/m1/s1. The van der Waals surface area contributed by atoms with Gasteiger partial charge in [-0.25, -0.2) is 27.8 Å². The van der Waals surface area contributed by atoms with E-state index in [-0.39, 0.29) is 22.1 Å². The molecule has 0 aliphatic carbocycles. The fourth-order valence-electron chi connectivity index (χ4n) is 3.37. The lowest BCUT2D eigenvalue weighted by atomic mass is 10.2. The topological polar surface area (TPSA) is 140 Å². The van der Waals surface area contributed by atoms with Gasteiger partial charge in [0.25, 0.3) is 0 Å². The van der Waals surface area contributed by atoms with Crippen molar-refractivity contribution < 1.29 is 12.8 Å². The molecule has 4 aromatic rings. The van der Waals surface area contributed by atoms with E-state index < -0.39 is 21.7 Å². The van der Waals surface area contributed by atoms with Crippen LogP contribution >= 0.6 is 0 Å². The van der Waals surface area contributed by atoms with Crippen LogP contribution in [0.5, 0.6) is 0 Å². The van der Waals surface area contributed by atoms with Crippen molar-refractivity contribution in [3.8, 4) is 11.8 Å². The van der Waals surface area contributed by atoms with Gasteiger partial charge in [-0.05, 0) is 37.3 Å². The Labute approximate surface area is 183 Å². The molecular formula is C21H18FN7O2S. The minimum absolute atomic E-state index is 0.0358. The first-order valence-corrected chi connectivity index (χ1v) is 11.3. The zero-order chi connectivity index (χ0) is 23.0. The van der Waals surface area contributed by atoms with Gasteiger partial charge >= 0.3 is 0 Å². The predicted octanol–water partition coefficient (Wildman–Crippen LogP) is 2.99. The highest BCUT2D eigenvalue weighted by Crippen LogP contribution is 2.29. The molecule has 0 unspecified atom stereocenters. The van der Waals surface area contributed by atoms with Crippen molar-refractivity contribution in [2.75, 3.05) is 17.3 Å². The van der Waals surface area contributed by atoms with Crippen LogP contribution in [-0.2, 0) is 9.84 Å². The molecule has 162 valence electrons. The maximum absolute atomic E-state index is 14.1. The number of nitrogens with two attached hydrogens (primary N) is 1. The fourth-order valence-corrected chi connectivity index (χ4v) is 4.03. The molecule has 11 heteroatoms. The minimum atomic E-state index is -3.46. The molecule has 9 nitrogen and oxygen atoms in total. The summed E-state index contributed by atoms with van der Waals surface area (Å²) in [6.45, 7) is 1.79. The Morgan fingerprint density at radius 3 is 2.72 bits per heavy atom. The quantitative estimate of drug-likeness (QED) is 0.472. The van der Waals surface area contributed by atoms with E-state index in [0.717, 1.165) is 6.26 Å². The first-order chi connectivity index (χ1) is 15.2. The number of benzene rings is 2. The molecule has 0 spiro atoms. The van der Waals surface area contributed by atoms with E-state index in [9.17, 15) is 18.1 Å². The van der Waals surface area contributed by atoms with Crippen molar-refractivity contribution in [1.82, 2.24) is 19.5 Å². The molecule has 2 heterocycles. The second kappa shape index (κ2) is 7.90. The summed E-state index contributed by atoms with van der Waals surface area (Å²) in [7, 11) is -3.46. The highest BCUT2D eigenvalue weighted by molar-refractivity contribution is 7.90. The van der Waals surface area contributed by atoms with Crippen LogP contribution in [0.15, 0.2) is 53.7 Å². The van der Waals surface area contributed by atoms with E-state index >= 15 is 0 Å². The number of nitriles is 1. The smallest absolute Gasteiger partial charge is 0.175 e. The van der Waals surface area contributed by atoms with Crippen LogP contribution in [0, 0.1) is 17.1 Å². The van der Waals surface area contributed by atoms with Crippen LogP contribution < -0.4 is 11.1 Å². The van der Waals surface area contributed by atoms with Crippen molar-refractivity contribution in [2.24, 2.45) is 0 Å². The van der Waals surface area contributed by atoms with Crippen molar-refractivity contribution in [2.45, 2.75) is 17.9 Å². The molecule has 4 rings (SSSR count). The number of aromatic nitrogens is 4. The highest BCUT2D eigenvalue weighted by Gasteiger charge is 2.21. The largest absolute Gasteiger partial charge is 0.382 e. The predicted molar refractivity (Wildman–Crippen MR) is 117 cm³/mol. The van der Waals surface area contributed by atoms with E-state index in [1.807, 2.05) is 6.07 Å². The van der Waals surface area contributed by atoms with Crippen molar-refractivity contribution in [3.05, 3.63) is 66.0 Å². The normalized spacial score (nSPS) is 12.4. The van der Waals surface area contributed by atoms with E-state index in [2.05, 4.69) is 20.3 Å². The Hall–Kier alpha value is -4.04. The van der Waals surface area contributed by atoms with Crippen LogP contribution in [0.3, 0.4) is 0 Å². The van der Waals surface area contributed by atoms with Gasteiger partial charge in [0.15, 0.2) is 9.84 Å². The summed E-state index contributed by atoms with van der Waals surface area (Å²) in [6, 6.07) is 11.9. The molecule has 0 saturated heterocycles. The molecule has 0 radical (unpaired) electrons. The number of halogens is 1. The summed E-state index contributed by atoms with van der Waals surface area (Å²) in [5.74, 6) is 0.258. The zero-order valence-electron chi connectivity index (χ0n) is 17.1. The number of rotatable bonds is 5. The number of anilines is 2. The molecule has 0 bridgehead atoms. The van der Waals surface area contributed by atoms with Gasteiger partial charge in [-0.15, -0.1) is 0 Å². The highest BCUT2D eigenvalue weighted by atomic mass is 32.2. The molecule has 0 saturated carbocycles. The number of imidazole rings is 1. The van der Waals surface area contributed by atoms with Crippen LogP contribution in [-0.4, -0.2) is 34.2 Å². The van der Waals surface area contributed by atoms with Gasteiger partial charge in [0, 0.05) is 18.0 Å². The summed E-state index contributed by atoms with van der Waals surface area (Å²) >= 11 is 0. The second-order valence-corrected chi connectivity index (χ2v) is 9.18. The first kappa shape index (κ1) is 21.2. The number of nitrogens with one attached hydrogen (secondary N) is 1. The number of hydrogen-bond donors (Lipinski definition) is 2. The van der Waals surface area contributed by atoms with E-state index in [0.29, 0.717) is 22.5 Å². The van der Waals surface area contributed by atoms with Crippen LogP contribution in [0.1, 0.15) is 24.4 Å². The molecule has 32 heavy (non-hydrogen) atoms. The van der Waals surface area contributed by atoms with Crippen molar-refractivity contribution in [1.29, 1.82) is 5.26 Å². The average molecular weight is 451 g/mol. The number of fused-ring (bicyclic) bond motifs is 1. The zero-order valence-corrected chi connectivity index (χ0v) is 17.9. The number of nitrogens with zero attached hydrogens (tertiary/aromatic N) is 5. The summed E-state index contributed by atoms with van der Waals surface area (Å²) in [4.78, 5) is 12.7. The molecule has 3 N–H and O–H groups in total. The summed E-state index contributed by atoms with van der Waals surface area (Å²) < 4.78 is 39.9. The van der Waals surface area contributed by atoms with Gasteiger partial charge in [-0.1, -0.05) is 6.07 Å². The maximum Gasteiger partial charge on any atom is 0.175 e. The van der Waals surface area contributed by atoms with E-state index in [4.69, 9.17) is 5.73 Å². The Kier molecular flexibility index (Phi) is 5.23. The third kappa shape index (κ3) is 3.83. The number of hydrogen-bond acceptors (Lipinski definition) is 8. The molecule has 0 aliphatic rings. The van der Waals surface area contributed by atoms with Crippen molar-refractivity contribution in [3.63, 3.8) is 0 Å². The summed E-state index contributed by atoms with van der Waals surface area (Å²) in [5, 5.41) is 12.5. The lowest BCUT2D eigenvalue weighted by Crippen LogP contribution is -2.15. The molecule has 0 amide bonds. The number of sulfone groups is 1. The Bertz CT molecular complexity index is 1490. The van der Waals surface area contributed by atoms with Crippen LogP contribution in [0.2, 0.25) is 0 Å². The molecule has 1 atom stereocenters. The maximum atomic E-state index is 14.1. The molecule has 0 fully saturated rings. The van der Waals surface area contributed by atoms with Crippen LogP contribution in [0.25, 0.3) is 16.7 Å². The van der Waals surface area contributed by atoms with Crippen LogP contribution in [0.4, 0.5) is 16.0 Å². The molecule has 2 aromatic heterocycles. The molecule has 0 aliphatic heterocycles. The Morgan fingerprint density at radius 2 is 2.00 bits per heavy atom. The minimum Gasteiger partial charge on any atom is -0.382 e. The Balaban J connectivity index is 1.90. The van der Waals surface area contributed by atoms with Gasteiger partial charge < -0.3 is 11.1 Å². The van der Waals surface area contributed by atoms with Gasteiger partial charge in [-0.2, -0.15) is 5.26 Å². The third-order valence-electron chi connectivity index (χ3n) is 4.88. The monoisotopic (exact) mass is 451 g/mol. The molecular weight excluding hydrogens is 433 g/mol. The van der Waals surface area contributed by atoms with Gasteiger partial charge in [-0.3, -0.25) is 4.57 Å².